The van der Waals surface area contributed by atoms with Gasteiger partial charge in [0.15, 0.2) is 5.65 Å². The third-order valence-corrected chi connectivity index (χ3v) is 2.72. The molecule has 0 aromatic carbocycles. The Balaban J connectivity index is 1.78. The molecule has 0 aliphatic rings. The zero-order chi connectivity index (χ0) is 13.1. The molecule has 0 unspecified atom stereocenters. The monoisotopic (exact) mass is 255 g/mol. The van der Waals surface area contributed by atoms with Gasteiger partial charge in [-0.1, -0.05) is 12.1 Å². The molecule has 3 rings (SSSR count). The molecule has 6 nitrogen and oxygen atoms in total. The number of hydrogen-bond donors (Lipinski definition) is 1. The van der Waals surface area contributed by atoms with E-state index in [-0.39, 0.29) is 0 Å². The number of nitrogens with one attached hydrogen (secondary N) is 1. The zero-order valence-electron chi connectivity index (χ0n) is 10.4. The van der Waals surface area contributed by atoms with Crippen LogP contribution in [0.1, 0.15) is 5.56 Å². The minimum Gasteiger partial charge on any atom is -0.481 e. The smallest absolute Gasteiger partial charge is 0.243 e. The molecule has 0 aliphatic carbocycles. The summed E-state index contributed by atoms with van der Waals surface area (Å²) in [4.78, 5) is 8.51. The van der Waals surface area contributed by atoms with Gasteiger partial charge in [0.05, 0.1) is 7.11 Å². The van der Waals surface area contributed by atoms with Gasteiger partial charge >= 0.3 is 0 Å². The van der Waals surface area contributed by atoms with Gasteiger partial charge in [0.1, 0.15) is 0 Å². The first kappa shape index (κ1) is 11.5. The van der Waals surface area contributed by atoms with Crippen LogP contribution in [0, 0.1) is 0 Å². The molecule has 6 heteroatoms. The largest absolute Gasteiger partial charge is 0.481 e. The first-order chi connectivity index (χ1) is 9.36. The Morgan fingerprint density at radius 3 is 3.05 bits per heavy atom. The molecule has 0 spiro atoms. The predicted molar refractivity (Wildman–Crippen MR) is 71.1 cm³/mol. The van der Waals surface area contributed by atoms with E-state index < -0.39 is 0 Å². The van der Waals surface area contributed by atoms with E-state index >= 15 is 0 Å². The predicted octanol–water partition coefficient (Wildman–Crippen LogP) is 1.74. The van der Waals surface area contributed by atoms with Crippen LogP contribution >= 0.6 is 0 Å². The van der Waals surface area contributed by atoms with Gasteiger partial charge in [0, 0.05) is 24.5 Å². The van der Waals surface area contributed by atoms with Crippen molar-refractivity contribution in [1.82, 2.24) is 19.6 Å². The molecule has 0 amide bonds. The standard InChI is InChI=1S/C13H13N5O/c1-19-12-10(5-4-7-14-12)9-15-13-16-11-6-2-3-8-18(11)17-13/h2-8H,9H2,1H3,(H,15,17). The summed E-state index contributed by atoms with van der Waals surface area (Å²) < 4.78 is 6.92. The molecule has 19 heavy (non-hydrogen) atoms. The van der Waals surface area contributed by atoms with Crippen LogP contribution < -0.4 is 10.1 Å². The Morgan fingerprint density at radius 1 is 1.26 bits per heavy atom. The minimum absolute atomic E-state index is 0.563. The lowest BCUT2D eigenvalue weighted by Gasteiger charge is -2.06. The average Bonchev–Trinajstić information content (AvgIpc) is 2.88. The Hall–Kier alpha value is -2.63. The van der Waals surface area contributed by atoms with Crippen LogP contribution in [-0.2, 0) is 6.54 Å². The molecule has 0 fully saturated rings. The van der Waals surface area contributed by atoms with E-state index in [1.165, 1.54) is 0 Å². The molecule has 0 atom stereocenters. The third kappa shape index (κ3) is 2.33. The number of aromatic nitrogens is 4. The van der Waals surface area contributed by atoms with Gasteiger partial charge in [0.25, 0.3) is 0 Å². The van der Waals surface area contributed by atoms with Crippen molar-refractivity contribution in [3.05, 3.63) is 48.3 Å². The van der Waals surface area contributed by atoms with Crippen LogP contribution in [0.4, 0.5) is 5.95 Å². The summed E-state index contributed by atoms with van der Waals surface area (Å²) in [6, 6.07) is 9.57. The highest BCUT2D eigenvalue weighted by atomic mass is 16.5. The van der Waals surface area contributed by atoms with E-state index in [0.717, 1.165) is 11.2 Å². The molecule has 0 bridgehead atoms. The SMILES string of the molecule is COc1ncccc1CNc1nc2ccccn2n1. The van der Waals surface area contributed by atoms with Crippen molar-refractivity contribution >= 4 is 11.6 Å². The third-order valence-electron chi connectivity index (χ3n) is 2.72. The van der Waals surface area contributed by atoms with Gasteiger partial charge in [-0.3, -0.25) is 0 Å². The first-order valence-electron chi connectivity index (χ1n) is 5.90. The van der Waals surface area contributed by atoms with E-state index in [2.05, 4.69) is 20.4 Å². The average molecular weight is 255 g/mol. The van der Waals surface area contributed by atoms with E-state index in [1.54, 1.807) is 17.8 Å². The fourth-order valence-corrected chi connectivity index (χ4v) is 1.82. The minimum atomic E-state index is 0.563. The fraction of sp³-hybridized carbons (Fsp3) is 0.154. The van der Waals surface area contributed by atoms with Gasteiger partial charge in [-0.2, -0.15) is 4.98 Å². The topological polar surface area (TPSA) is 64.3 Å². The van der Waals surface area contributed by atoms with E-state index in [1.807, 2.05) is 36.5 Å². The maximum atomic E-state index is 5.20. The second-order valence-corrected chi connectivity index (χ2v) is 3.96. The van der Waals surface area contributed by atoms with Gasteiger partial charge in [-0.05, 0) is 18.2 Å². The zero-order valence-corrected chi connectivity index (χ0v) is 10.4. The van der Waals surface area contributed by atoms with Crippen LogP contribution in [-0.4, -0.2) is 26.7 Å². The fourth-order valence-electron chi connectivity index (χ4n) is 1.82. The van der Waals surface area contributed by atoms with Crippen molar-refractivity contribution < 1.29 is 4.74 Å². The summed E-state index contributed by atoms with van der Waals surface area (Å²) in [5.41, 5.74) is 1.77. The van der Waals surface area contributed by atoms with Crippen LogP contribution in [0.25, 0.3) is 5.65 Å². The Morgan fingerprint density at radius 2 is 2.21 bits per heavy atom. The molecule has 3 aromatic rings. The highest BCUT2D eigenvalue weighted by Crippen LogP contribution is 2.15. The number of fused-ring (bicyclic) bond motifs is 1. The van der Waals surface area contributed by atoms with Crippen molar-refractivity contribution in [3.63, 3.8) is 0 Å². The maximum Gasteiger partial charge on any atom is 0.243 e. The number of pyridine rings is 2. The summed E-state index contributed by atoms with van der Waals surface area (Å²) in [6.07, 6.45) is 3.56. The highest BCUT2D eigenvalue weighted by molar-refractivity contribution is 5.43. The van der Waals surface area contributed by atoms with Crippen molar-refractivity contribution in [3.8, 4) is 5.88 Å². The molecule has 96 valence electrons. The van der Waals surface area contributed by atoms with Crippen molar-refractivity contribution in [2.75, 3.05) is 12.4 Å². The van der Waals surface area contributed by atoms with Crippen molar-refractivity contribution in [2.45, 2.75) is 6.54 Å². The lowest BCUT2D eigenvalue weighted by Crippen LogP contribution is -2.04. The number of hydrogen-bond acceptors (Lipinski definition) is 5. The highest BCUT2D eigenvalue weighted by Gasteiger charge is 2.05. The van der Waals surface area contributed by atoms with E-state index in [4.69, 9.17) is 4.74 Å². The molecular formula is C13H13N5O. The molecule has 0 aliphatic heterocycles. The van der Waals surface area contributed by atoms with E-state index in [9.17, 15) is 0 Å². The molecule has 3 aromatic heterocycles. The molecule has 0 saturated heterocycles. The summed E-state index contributed by atoms with van der Waals surface area (Å²) in [5, 5.41) is 7.48. The number of anilines is 1. The number of rotatable bonds is 4. The Labute approximate surface area is 110 Å². The van der Waals surface area contributed by atoms with Crippen LogP contribution in [0.5, 0.6) is 5.88 Å². The first-order valence-corrected chi connectivity index (χ1v) is 5.90. The van der Waals surface area contributed by atoms with E-state index in [0.29, 0.717) is 18.4 Å². The maximum absolute atomic E-state index is 5.20. The van der Waals surface area contributed by atoms with Gasteiger partial charge in [-0.25, -0.2) is 9.50 Å². The Kier molecular flexibility index (Phi) is 2.97. The van der Waals surface area contributed by atoms with Crippen LogP contribution in [0.3, 0.4) is 0 Å². The molecule has 0 radical (unpaired) electrons. The second kappa shape index (κ2) is 4.93. The molecule has 0 saturated carbocycles. The summed E-state index contributed by atoms with van der Waals surface area (Å²) in [5.74, 6) is 1.19. The lowest BCUT2D eigenvalue weighted by molar-refractivity contribution is 0.393. The summed E-state index contributed by atoms with van der Waals surface area (Å²) >= 11 is 0. The lowest BCUT2D eigenvalue weighted by atomic mass is 10.3. The number of ether oxygens (including phenoxy) is 1. The quantitative estimate of drug-likeness (QED) is 0.769. The molecule has 1 N–H and O–H groups in total. The van der Waals surface area contributed by atoms with Crippen molar-refractivity contribution in [1.29, 1.82) is 0 Å². The summed E-state index contributed by atoms with van der Waals surface area (Å²) in [6.45, 7) is 0.563. The van der Waals surface area contributed by atoms with Crippen LogP contribution in [0.15, 0.2) is 42.7 Å². The number of methoxy groups -OCH3 is 1. The number of nitrogens with zero attached hydrogens (tertiary/aromatic N) is 4. The molecule has 3 heterocycles. The van der Waals surface area contributed by atoms with Crippen molar-refractivity contribution in [2.24, 2.45) is 0 Å². The second-order valence-electron chi connectivity index (χ2n) is 3.96. The van der Waals surface area contributed by atoms with Gasteiger partial charge in [0.2, 0.25) is 11.8 Å². The van der Waals surface area contributed by atoms with Gasteiger partial charge < -0.3 is 10.1 Å². The normalized spacial score (nSPS) is 10.6. The van der Waals surface area contributed by atoms with Gasteiger partial charge in [-0.15, -0.1) is 5.10 Å². The summed E-state index contributed by atoms with van der Waals surface area (Å²) in [7, 11) is 1.61. The van der Waals surface area contributed by atoms with Crippen LogP contribution in [0.2, 0.25) is 0 Å². The Bertz CT molecular complexity index is 661. The molecular weight excluding hydrogens is 242 g/mol.